The van der Waals surface area contributed by atoms with Crippen molar-refractivity contribution in [3.05, 3.63) is 108 Å². The first-order valence-electron chi connectivity index (χ1n) is 11.3. The van der Waals surface area contributed by atoms with E-state index in [-0.39, 0.29) is 24.7 Å². The van der Waals surface area contributed by atoms with E-state index in [0.29, 0.717) is 12.0 Å². The van der Waals surface area contributed by atoms with Gasteiger partial charge in [0.15, 0.2) is 11.9 Å². The van der Waals surface area contributed by atoms with Crippen LogP contribution in [0.25, 0.3) is 0 Å². The Morgan fingerprint density at radius 2 is 1.35 bits per heavy atom. The highest BCUT2D eigenvalue weighted by Gasteiger charge is 2.52. The number of aliphatic hydroxyl groups excluding tert-OH is 1. The maximum Gasteiger partial charge on any atom is 0.332 e. The molecule has 0 aromatic heterocycles. The van der Waals surface area contributed by atoms with Gasteiger partial charge in [-0.3, -0.25) is 9.59 Å². The average Bonchev–Trinajstić information content (AvgIpc) is 3.10. The number of rotatable bonds is 9. The Bertz CT molecular complexity index is 1130. The molecule has 4 rings (SSSR count). The molecule has 34 heavy (non-hydrogen) atoms. The normalized spacial score (nSPS) is 20.8. The van der Waals surface area contributed by atoms with E-state index in [4.69, 9.17) is 0 Å². The number of carboxylic acids is 1. The zero-order valence-corrected chi connectivity index (χ0v) is 18.7. The Balaban J connectivity index is 1.71. The molecule has 1 fully saturated rings. The van der Waals surface area contributed by atoms with Crippen LogP contribution in [0.3, 0.4) is 0 Å². The summed E-state index contributed by atoms with van der Waals surface area (Å²) in [6.45, 7) is 0.274. The third kappa shape index (κ3) is 5.07. The van der Waals surface area contributed by atoms with E-state index in [1.165, 1.54) is 0 Å². The van der Waals surface area contributed by atoms with Crippen LogP contribution < -0.4 is 0 Å². The minimum Gasteiger partial charge on any atom is -0.479 e. The SMILES string of the molecule is O=C(C[C@H]1C(=O)N(Cc2ccccc2)[C@@H](Cc2ccccc2)[C@@H]1C(O)C(=O)O)c1ccccc1. The highest BCUT2D eigenvalue weighted by Crippen LogP contribution is 2.39. The second-order valence-electron chi connectivity index (χ2n) is 8.67. The van der Waals surface area contributed by atoms with E-state index in [0.717, 1.165) is 11.1 Å². The van der Waals surface area contributed by atoms with Crippen molar-refractivity contribution in [1.29, 1.82) is 0 Å². The first kappa shape index (κ1) is 23.4. The smallest absolute Gasteiger partial charge is 0.332 e. The van der Waals surface area contributed by atoms with Crippen molar-refractivity contribution < 1.29 is 24.6 Å². The first-order valence-corrected chi connectivity index (χ1v) is 11.3. The number of hydrogen-bond donors (Lipinski definition) is 2. The lowest BCUT2D eigenvalue weighted by molar-refractivity contribution is -0.151. The van der Waals surface area contributed by atoms with Gasteiger partial charge in [-0.15, -0.1) is 0 Å². The number of hydrogen-bond acceptors (Lipinski definition) is 4. The van der Waals surface area contributed by atoms with Gasteiger partial charge in [0.2, 0.25) is 5.91 Å². The van der Waals surface area contributed by atoms with E-state index < -0.39 is 30.0 Å². The number of carboxylic acid groups (broad SMARTS) is 1. The number of nitrogens with zero attached hydrogens (tertiary/aromatic N) is 1. The highest BCUT2D eigenvalue weighted by atomic mass is 16.4. The molecule has 1 heterocycles. The summed E-state index contributed by atoms with van der Waals surface area (Å²) in [5.74, 6) is -3.81. The van der Waals surface area contributed by atoms with Crippen LogP contribution in [0.2, 0.25) is 0 Å². The molecule has 0 bridgehead atoms. The van der Waals surface area contributed by atoms with Gasteiger partial charge in [-0.2, -0.15) is 0 Å². The van der Waals surface area contributed by atoms with Crippen LogP contribution in [-0.4, -0.2) is 44.9 Å². The van der Waals surface area contributed by atoms with Gasteiger partial charge in [-0.25, -0.2) is 4.79 Å². The Labute approximate surface area is 198 Å². The molecule has 0 saturated carbocycles. The van der Waals surface area contributed by atoms with Gasteiger partial charge >= 0.3 is 5.97 Å². The molecular weight excluding hydrogens is 430 g/mol. The number of carbonyl (C=O) groups excluding carboxylic acids is 2. The molecule has 3 aromatic carbocycles. The molecule has 4 atom stereocenters. The molecule has 0 aliphatic carbocycles. The lowest BCUT2D eigenvalue weighted by Crippen LogP contribution is -2.43. The molecule has 1 aliphatic heterocycles. The first-order chi connectivity index (χ1) is 16.5. The van der Waals surface area contributed by atoms with Crippen molar-refractivity contribution in [1.82, 2.24) is 4.90 Å². The third-order valence-corrected chi connectivity index (χ3v) is 6.51. The van der Waals surface area contributed by atoms with Gasteiger partial charge in [-0.05, 0) is 17.5 Å². The maximum atomic E-state index is 13.7. The van der Waals surface area contributed by atoms with Crippen LogP contribution in [0.15, 0.2) is 91.0 Å². The quantitative estimate of drug-likeness (QED) is 0.479. The number of amides is 1. The van der Waals surface area contributed by atoms with E-state index >= 15 is 0 Å². The maximum absolute atomic E-state index is 13.7. The number of ketones is 1. The van der Waals surface area contributed by atoms with E-state index in [1.807, 2.05) is 60.7 Å². The fraction of sp³-hybridized carbons (Fsp3) is 0.250. The molecule has 174 valence electrons. The molecule has 2 N–H and O–H groups in total. The van der Waals surface area contributed by atoms with Crippen molar-refractivity contribution in [2.24, 2.45) is 11.8 Å². The van der Waals surface area contributed by atoms with Crippen molar-refractivity contribution >= 4 is 17.7 Å². The molecule has 6 heteroatoms. The predicted octanol–water partition coefficient (Wildman–Crippen LogP) is 3.59. The Morgan fingerprint density at radius 3 is 1.91 bits per heavy atom. The molecule has 6 nitrogen and oxygen atoms in total. The fourth-order valence-corrected chi connectivity index (χ4v) is 4.85. The molecule has 1 aliphatic rings. The van der Waals surface area contributed by atoms with Gasteiger partial charge < -0.3 is 15.1 Å². The Kier molecular flexibility index (Phi) is 7.18. The van der Waals surface area contributed by atoms with Gasteiger partial charge in [0.05, 0.1) is 5.92 Å². The van der Waals surface area contributed by atoms with E-state index in [2.05, 4.69) is 0 Å². The number of Topliss-reactive ketones (excluding diaryl/α,β-unsaturated/α-hetero) is 1. The van der Waals surface area contributed by atoms with Crippen LogP contribution in [0.1, 0.15) is 27.9 Å². The van der Waals surface area contributed by atoms with Crippen LogP contribution in [0.4, 0.5) is 0 Å². The van der Waals surface area contributed by atoms with E-state index in [1.54, 1.807) is 35.2 Å². The molecule has 0 radical (unpaired) electrons. The van der Waals surface area contributed by atoms with Crippen molar-refractivity contribution in [3.8, 4) is 0 Å². The fourth-order valence-electron chi connectivity index (χ4n) is 4.85. The summed E-state index contributed by atoms with van der Waals surface area (Å²) in [5, 5.41) is 20.4. The molecule has 1 unspecified atom stereocenters. The standard InChI is InChI=1S/C28H27NO5/c30-24(21-14-8-3-9-15-21)17-22-25(26(31)28(33)34)23(16-19-10-4-1-5-11-19)29(27(22)32)18-20-12-6-2-7-13-20/h1-15,22-23,25-26,31H,16-18H2,(H,33,34)/t22-,23+,25-,26?/m1/s1. The monoisotopic (exact) mass is 457 g/mol. The van der Waals surface area contributed by atoms with Crippen molar-refractivity contribution in [3.63, 3.8) is 0 Å². The Hall–Kier alpha value is -3.77. The summed E-state index contributed by atoms with van der Waals surface area (Å²) in [7, 11) is 0. The Morgan fingerprint density at radius 1 is 0.824 bits per heavy atom. The minimum absolute atomic E-state index is 0.158. The van der Waals surface area contributed by atoms with Gasteiger partial charge in [0.1, 0.15) is 0 Å². The van der Waals surface area contributed by atoms with Gasteiger partial charge in [0, 0.05) is 30.5 Å². The lowest BCUT2D eigenvalue weighted by Gasteiger charge is -2.30. The van der Waals surface area contributed by atoms with Crippen LogP contribution in [0.5, 0.6) is 0 Å². The predicted molar refractivity (Wildman–Crippen MR) is 127 cm³/mol. The number of aliphatic carboxylic acids is 1. The molecular formula is C28H27NO5. The summed E-state index contributed by atoms with van der Waals surface area (Å²) < 4.78 is 0. The highest BCUT2D eigenvalue weighted by molar-refractivity contribution is 5.99. The summed E-state index contributed by atoms with van der Waals surface area (Å²) >= 11 is 0. The summed E-state index contributed by atoms with van der Waals surface area (Å²) in [5.41, 5.74) is 2.28. The second-order valence-corrected chi connectivity index (χ2v) is 8.67. The van der Waals surface area contributed by atoms with Crippen LogP contribution in [0, 0.1) is 11.8 Å². The third-order valence-electron chi connectivity index (χ3n) is 6.51. The lowest BCUT2D eigenvalue weighted by atomic mass is 9.80. The van der Waals surface area contributed by atoms with Gasteiger partial charge in [-0.1, -0.05) is 91.0 Å². The minimum atomic E-state index is -1.77. The zero-order chi connectivity index (χ0) is 24.1. The van der Waals surface area contributed by atoms with Crippen molar-refractivity contribution in [2.75, 3.05) is 0 Å². The van der Waals surface area contributed by atoms with Crippen molar-refractivity contribution in [2.45, 2.75) is 31.5 Å². The summed E-state index contributed by atoms with van der Waals surface area (Å²) in [6, 6.07) is 27.0. The molecule has 1 amide bonds. The largest absolute Gasteiger partial charge is 0.479 e. The van der Waals surface area contributed by atoms with E-state index in [9.17, 15) is 24.6 Å². The van der Waals surface area contributed by atoms with Crippen LogP contribution in [-0.2, 0) is 22.6 Å². The number of carbonyl (C=O) groups is 3. The molecule has 3 aromatic rings. The number of aliphatic hydroxyl groups is 1. The molecule has 0 spiro atoms. The summed E-state index contributed by atoms with van der Waals surface area (Å²) in [4.78, 5) is 40.2. The average molecular weight is 458 g/mol. The zero-order valence-electron chi connectivity index (χ0n) is 18.7. The summed E-state index contributed by atoms with van der Waals surface area (Å²) in [6.07, 6.45) is -1.55. The number of likely N-dealkylation sites (tertiary alicyclic amines) is 1. The van der Waals surface area contributed by atoms with Crippen LogP contribution >= 0.6 is 0 Å². The van der Waals surface area contributed by atoms with Gasteiger partial charge in [0.25, 0.3) is 0 Å². The number of benzene rings is 3. The topological polar surface area (TPSA) is 94.9 Å². The molecule has 1 saturated heterocycles. The second kappa shape index (κ2) is 10.4.